The van der Waals surface area contributed by atoms with E-state index < -0.39 is 10.0 Å². The van der Waals surface area contributed by atoms with Crippen LogP contribution in [0.4, 0.5) is 0 Å². The zero-order chi connectivity index (χ0) is 12.9. The highest BCUT2D eigenvalue weighted by Crippen LogP contribution is 2.17. The van der Waals surface area contributed by atoms with E-state index >= 15 is 0 Å². The first-order valence-electron chi connectivity index (χ1n) is 5.29. The fourth-order valence-corrected chi connectivity index (χ4v) is 2.61. The molecule has 1 atom stereocenters. The van der Waals surface area contributed by atoms with Crippen LogP contribution in [-0.4, -0.2) is 20.8 Å². The number of ether oxygens (including phenoxy) is 1. The van der Waals surface area contributed by atoms with Crippen LogP contribution in [-0.2, 0) is 10.0 Å². The van der Waals surface area contributed by atoms with Crippen molar-refractivity contribution in [2.24, 2.45) is 11.1 Å². The van der Waals surface area contributed by atoms with E-state index in [9.17, 15) is 8.42 Å². The fraction of sp³-hybridized carbons (Fsp3) is 0.455. The smallest absolute Gasteiger partial charge is 0.209 e. The molecule has 0 aromatic heterocycles. The summed E-state index contributed by atoms with van der Waals surface area (Å²) in [5.74, 6) is 0.606. The number of hydrogen-bond acceptors (Lipinski definition) is 3. The van der Waals surface area contributed by atoms with E-state index in [4.69, 9.17) is 9.88 Å². The van der Waals surface area contributed by atoms with E-state index in [-0.39, 0.29) is 11.7 Å². The maximum Gasteiger partial charge on any atom is 0.209 e. The van der Waals surface area contributed by atoms with Gasteiger partial charge in [0.25, 0.3) is 0 Å². The Bertz CT molecular complexity index is 444. The maximum atomic E-state index is 11.0. The van der Waals surface area contributed by atoms with Gasteiger partial charge in [-0.2, -0.15) is 0 Å². The number of halogens is 1. The van der Waals surface area contributed by atoms with Crippen molar-refractivity contribution in [2.45, 2.75) is 13.3 Å². The van der Waals surface area contributed by atoms with Gasteiger partial charge in [-0.25, -0.2) is 13.6 Å². The van der Waals surface area contributed by atoms with Gasteiger partial charge in [-0.1, -0.05) is 22.9 Å². The Labute approximate surface area is 110 Å². The largest absolute Gasteiger partial charge is 0.493 e. The summed E-state index contributed by atoms with van der Waals surface area (Å²) in [4.78, 5) is 0. The average molecular weight is 322 g/mol. The lowest BCUT2D eigenvalue weighted by Gasteiger charge is -2.14. The third kappa shape index (κ3) is 6.05. The normalized spacial score (nSPS) is 13.4. The summed E-state index contributed by atoms with van der Waals surface area (Å²) < 4.78 is 28.4. The van der Waals surface area contributed by atoms with Gasteiger partial charge in [-0.3, -0.25) is 0 Å². The zero-order valence-corrected chi connectivity index (χ0v) is 12.0. The topological polar surface area (TPSA) is 69.4 Å². The molecule has 0 aliphatic heterocycles. The Morgan fingerprint density at radius 2 is 1.94 bits per heavy atom. The number of hydrogen-bond donors (Lipinski definition) is 1. The van der Waals surface area contributed by atoms with Crippen LogP contribution in [0.3, 0.4) is 0 Å². The van der Waals surface area contributed by atoms with E-state index in [1.807, 2.05) is 31.2 Å². The molecule has 1 aromatic rings. The molecule has 0 amide bonds. The van der Waals surface area contributed by atoms with E-state index in [0.29, 0.717) is 13.0 Å². The van der Waals surface area contributed by atoms with Crippen molar-refractivity contribution in [2.75, 3.05) is 12.4 Å². The Morgan fingerprint density at radius 1 is 1.35 bits per heavy atom. The van der Waals surface area contributed by atoms with Crippen LogP contribution in [0.15, 0.2) is 28.7 Å². The van der Waals surface area contributed by atoms with Gasteiger partial charge in [-0.15, -0.1) is 0 Å². The van der Waals surface area contributed by atoms with Crippen molar-refractivity contribution in [3.8, 4) is 5.75 Å². The number of benzene rings is 1. The monoisotopic (exact) mass is 321 g/mol. The second-order valence-corrected chi connectivity index (χ2v) is 6.44. The van der Waals surface area contributed by atoms with E-state index in [0.717, 1.165) is 10.2 Å². The van der Waals surface area contributed by atoms with Gasteiger partial charge < -0.3 is 4.74 Å². The van der Waals surface area contributed by atoms with Gasteiger partial charge in [0.1, 0.15) is 5.75 Å². The van der Waals surface area contributed by atoms with Crippen LogP contribution < -0.4 is 9.88 Å². The van der Waals surface area contributed by atoms with Crippen molar-refractivity contribution in [1.29, 1.82) is 0 Å². The molecule has 0 fully saturated rings. The Morgan fingerprint density at radius 3 is 2.41 bits per heavy atom. The highest BCUT2D eigenvalue weighted by molar-refractivity contribution is 9.10. The van der Waals surface area contributed by atoms with Gasteiger partial charge in [0.2, 0.25) is 10.0 Å². The van der Waals surface area contributed by atoms with Crippen molar-refractivity contribution >= 4 is 26.0 Å². The molecule has 1 aromatic carbocycles. The number of primary sulfonamides is 1. The summed E-state index contributed by atoms with van der Waals surface area (Å²) in [5, 5.41) is 5.01. The molecular formula is C11H16BrNO3S. The van der Waals surface area contributed by atoms with E-state index in [1.165, 1.54) is 0 Å². The zero-order valence-electron chi connectivity index (χ0n) is 9.60. The van der Waals surface area contributed by atoms with Crippen LogP contribution in [0, 0.1) is 5.92 Å². The van der Waals surface area contributed by atoms with Crippen LogP contribution in [0.25, 0.3) is 0 Å². The third-order valence-corrected chi connectivity index (χ3v) is 3.81. The molecule has 0 saturated heterocycles. The van der Waals surface area contributed by atoms with E-state index in [1.54, 1.807) is 0 Å². The lowest BCUT2D eigenvalue weighted by molar-refractivity contribution is 0.257. The third-order valence-electron chi connectivity index (χ3n) is 2.34. The predicted octanol–water partition coefficient (Wildman–Crippen LogP) is 2.14. The summed E-state index contributed by atoms with van der Waals surface area (Å²) in [6, 6.07) is 7.40. The molecule has 0 bridgehead atoms. The Hall–Kier alpha value is -0.590. The molecule has 1 unspecified atom stereocenters. The number of sulfonamides is 1. The van der Waals surface area contributed by atoms with Crippen LogP contribution in [0.1, 0.15) is 13.3 Å². The molecule has 0 radical (unpaired) electrons. The molecular weight excluding hydrogens is 306 g/mol. The molecule has 17 heavy (non-hydrogen) atoms. The first kappa shape index (κ1) is 14.5. The van der Waals surface area contributed by atoms with Gasteiger partial charge in [0, 0.05) is 10.4 Å². The van der Waals surface area contributed by atoms with Crippen LogP contribution >= 0.6 is 15.9 Å². The molecule has 0 aliphatic carbocycles. The van der Waals surface area contributed by atoms with Crippen LogP contribution in [0.5, 0.6) is 5.75 Å². The average Bonchev–Trinajstić information content (AvgIpc) is 2.25. The first-order valence-corrected chi connectivity index (χ1v) is 7.80. The van der Waals surface area contributed by atoms with Crippen LogP contribution in [0.2, 0.25) is 0 Å². The van der Waals surface area contributed by atoms with Gasteiger partial charge >= 0.3 is 0 Å². The summed E-state index contributed by atoms with van der Waals surface area (Å²) in [6.07, 6.45) is 0.715. The Kier molecular flexibility index (Phi) is 5.42. The summed E-state index contributed by atoms with van der Waals surface area (Å²) in [7, 11) is -3.43. The highest BCUT2D eigenvalue weighted by Gasteiger charge is 2.14. The van der Waals surface area contributed by atoms with Crippen molar-refractivity contribution in [3.05, 3.63) is 28.7 Å². The minimum absolute atomic E-state index is 0.0416. The standard InChI is InChI=1S/C11H16BrNO3S/c1-2-9(8-17(13,14)15)7-16-11-5-3-10(12)4-6-11/h3-6,9H,2,7-8H2,1H3,(H2,13,14,15). The second-order valence-electron chi connectivity index (χ2n) is 3.87. The molecule has 4 nitrogen and oxygen atoms in total. The molecule has 0 saturated carbocycles. The molecule has 96 valence electrons. The van der Waals surface area contributed by atoms with Crippen molar-refractivity contribution in [3.63, 3.8) is 0 Å². The summed E-state index contributed by atoms with van der Waals surface area (Å²) >= 11 is 3.33. The van der Waals surface area contributed by atoms with Gasteiger partial charge in [-0.05, 0) is 30.7 Å². The lowest BCUT2D eigenvalue weighted by Crippen LogP contribution is -2.26. The second kappa shape index (κ2) is 6.37. The molecule has 0 aliphatic rings. The lowest BCUT2D eigenvalue weighted by atomic mass is 10.1. The van der Waals surface area contributed by atoms with Crippen molar-refractivity contribution < 1.29 is 13.2 Å². The highest BCUT2D eigenvalue weighted by atomic mass is 79.9. The minimum atomic E-state index is -3.43. The summed E-state index contributed by atoms with van der Waals surface area (Å²) in [5.41, 5.74) is 0. The maximum absolute atomic E-state index is 11.0. The number of rotatable bonds is 6. The molecule has 2 N–H and O–H groups in total. The Balaban J connectivity index is 2.50. The van der Waals surface area contributed by atoms with E-state index in [2.05, 4.69) is 15.9 Å². The van der Waals surface area contributed by atoms with Crippen molar-refractivity contribution in [1.82, 2.24) is 0 Å². The molecule has 0 spiro atoms. The molecule has 0 heterocycles. The predicted molar refractivity (Wildman–Crippen MR) is 71.4 cm³/mol. The van der Waals surface area contributed by atoms with Gasteiger partial charge in [0.15, 0.2) is 0 Å². The molecule has 1 rings (SSSR count). The minimum Gasteiger partial charge on any atom is -0.493 e. The first-order chi connectivity index (χ1) is 7.90. The fourth-order valence-electron chi connectivity index (χ4n) is 1.36. The summed E-state index contributed by atoms with van der Waals surface area (Å²) in [6.45, 7) is 2.27. The number of nitrogens with two attached hydrogens (primary N) is 1. The van der Waals surface area contributed by atoms with Gasteiger partial charge in [0.05, 0.1) is 12.4 Å². The SMILES string of the molecule is CCC(COc1ccc(Br)cc1)CS(N)(=O)=O. The quantitative estimate of drug-likeness (QED) is 0.872. The molecule has 6 heteroatoms.